The fourth-order valence-electron chi connectivity index (χ4n) is 5.02. The molecule has 0 saturated carbocycles. The van der Waals surface area contributed by atoms with Gasteiger partial charge in [-0.3, -0.25) is 4.90 Å². The molecule has 0 unspecified atom stereocenters. The first kappa shape index (κ1) is 20.8. The average Bonchev–Trinajstić information content (AvgIpc) is 3.30. The van der Waals surface area contributed by atoms with Crippen LogP contribution in [0, 0.1) is 0 Å². The Morgan fingerprint density at radius 2 is 1.82 bits per heavy atom. The minimum absolute atomic E-state index is 0.271. The molecule has 1 fully saturated rings. The van der Waals surface area contributed by atoms with E-state index < -0.39 is 0 Å². The summed E-state index contributed by atoms with van der Waals surface area (Å²) in [6, 6.07) is 19.7. The molecule has 6 heteroatoms. The number of benzene rings is 2. The first-order valence-corrected chi connectivity index (χ1v) is 12.7. The molecule has 0 amide bonds. The van der Waals surface area contributed by atoms with Crippen molar-refractivity contribution in [3.63, 3.8) is 0 Å². The van der Waals surface area contributed by atoms with Crippen LogP contribution in [-0.4, -0.2) is 41.2 Å². The zero-order valence-electron chi connectivity index (χ0n) is 18.7. The van der Waals surface area contributed by atoms with Crippen LogP contribution >= 0.6 is 11.3 Å². The highest BCUT2D eigenvalue weighted by Gasteiger charge is 2.23. The van der Waals surface area contributed by atoms with E-state index in [4.69, 9.17) is 14.7 Å². The first-order chi connectivity index (χ1) is 16.3. The molecule has 0 spiro atoms. The van der Waals surface area contributed by atoms with Crippen molar-refractivity contribution in [3.8, 4) is 11.1 Å². The summed E-state index contributed by atoms with van der Waals surface area (Å²) in [5.41, 5.74) is 5.27. The van der Waals surface area contributed by atoms with Gasteiger partial charge in [0.15, 0.2) is 0 Å². The lowest BCUT2D eigenvalue weighted by Gasteiger charge is -2.28. The average molecular weight is 457 g/mol. The molecule has 2 aromatic carbocycles. The molecular weight excluding hydrogens is 428 g/mol. The number of nitrogens with zero attached hydrogens (tertiary/aromatic N) is 3. The maximum Gasteiger partial charge on any atom is 0.146 e. The van der Waals surface area contributed by atoms with Gasteiger partial charge in [0, 0.05) is 24.0 Å². The van der Waals surface area contributed by atoms with Crippen LogP contribution in [0.3, 0.4) is 0 Å². The summed E-state index contributed by atoms with van der Waals surface area (Å²) < 4.78 is 5.52. The van der Waals surface area contributed by atoms with E-state index in [1.54, 1.807) is 11.3 Å². The number of hydrogen-bond acceptors (Lipinski definition) is 6. The molecule has 4 aromatic rings. The van der Waals surface area contributed by atoms with E-state index >= 15 is 0 Å². The number of ether oxygens (including phenoxy) is 1. The van der Waals surface area contributed by atoms with Crippen molar-refractivity contribution < 1.29 is 4.74 Å². The summed E-state index contributed by atoms with van der Waals surface area (Å²) in [6.45, 7) is 4.18. The third-order valence-corrected chi connectivity index (χ3v) is 7.59. The first-order valence-electron chi connectivity index (χ1n) is 11.8. The van der Waals surface area contributed by atoms with Gasteiger partial charge >= 0.3 is 0 Å². The molecule has 2 aromatic heterocycles. The van der Waals surface area contributed by atoms with Gasteiger partial charge in [-0.15, -0.1) is 11.3 Å². The second kappa shape index (κ2) is 9.21. The number of morpholine rings is 1. The summed E-state index contributed by atoms with van der Waals surface area (Å²) in [7, 11) is 0. The molecule has 33 heavy (non-hydrogen) atoms. The highest BCUT2D eigenvalue weighted by atomic mass is 32.1. The molecule has 1 saturated heterocycles. The van der Waals surface area contributed by atoms with E-state index in [2.05, 4.69) is 70.2 Å². The smallest absolute Gasteiger partial charge is 0.146 e. The minimum Gasteiger partial charge on any atom is -0.379 e. The molecule has 0 radical (unpaired) electrons. The SMILES string of the molecule is c1ccc(-c2csc3nc(CN4CCOCC4)nc(N[C@@H]4CCCc5ccccc54)c23)cc1. The standard InChI is InChI=1S/C27H28N4OS/c1-2-7-20(8-3-1)22-18-33-27-25(22)26(29-24(30-27)17-31-13-15-32-16-14-31)28-23-12-6-10-19-9-4-5-11-21(19)23/h1-5,7-9,11,18,23H,6,10,12-17H2,(H,28,29,30)/t23-/m1/s1. The topological polar surface area (TPSA) is 50.3 Å². The number of hydrogen-bond donors (Lipinski definition) is 1. The Morgan fingerprint density at radius 1 is 1.00 bits per heavy atom. The lowest BCUT2D eigenvalue weighted by molar-refractivity contribution is 0.0331. The molecule has 2 aliphatic rings. The lowest BCUT2D eigenvalue weighted by atomic mass is 9.87. The van der Waals surface area contributed by atoms with Crippen molar-refractivity contribution >= 4 is 27.4 Å². The van der Waals surface area contributed by atoms with Crippen LogP contribution in [0.15, 0.2) is 60.0 Å². The number of rotatable bonds is 5. The molecule has 168 valence electrons. The van der Waals surface area contributed by atoms with Crippen molar-refractivity contribution in [1.82, 2.24) is 14.9 Å². The van der Waals surface area contributed by atoms with Crippen molar-refractivity contribution in [1.29, 1.82) is 0 Å². The van der Waals surface area contributed by atoms with E-state index in [1.165, 1.54) is 28.7 Å². The quantitative estimate of drug-likeness (QED) is 0.419. The van der Waals surface area contributed by atoms with Gasteiger partial charge in [0.25, 0.3) is 0 Å². The maximum absolute atomic E-state index is 5.52. The Morgan fingerprint density at radius 3 is 2.70 bits per heavy atom. The van der Waals surface area contributed by atoms with Gasteiger partial charge in [-0.05, 0) is 36.0 Å². The molecule has 1 N–H and O–H groups in total. The second-order valence-corrected chi connectivity index (χ2v) is 9.72. The maximum atomic E-state index is 5.52. The third kappa shape index (κ3) is 4.26. The van der Waals surface area contributed by atoms with Crippen LogP contribution in [0.25, 0.3) is 21.3 Å². The van der Waals surface area contributed by atoms with Crippen LogP contribution in [0.1, 0.15) is 35.8 Å². The minimum atomic E-state index is 0.271. The fraction of sp³-hybridized carbons (Fsp3) is 0.333. The summed E-state index contributed by atoms with van der Waals surface area (Å²) >= 11 is 1.71. The molecule has 1 aliphatic heterocycles. The van der Waals surface area contributed by atoms with Gasteiger partial charge in [0.2, 0.25) is 0 Å². The van der Waals surface area contributed by atoms with Crippen molar-refractivity contribution in [2.75, 3.05) is 31.6 Å². The van der Waals surface area contributed by atoms with Crippen molar-refractivity contribution in [2.24, 2.45) is 0 Å². The van der Waals surface area contributed by atoms with E-state index in [9.17, 15) is 0 Å². The predicted molar refractivity (Wildman–Crippen MR) is 135 cm³/mol. The van der Waals surface area contributed by atoms with Crippen LogP contribution in [-0.2, 0) is 17.7 Å². The largest absolute Gasteiger partial charge is 0.379 e. The Labute approximate surface area is 198 Å². The highest BCUT2D eigenvalue weighted by molar-refractivity contribution is 7.17. The molecule has 3 heterocycles. The number of nitrogens with one attached hydrogen (secondary N) is 1. The molecule has 0 bridgehead atoms. The fourth-order valence-corrected chi connectivity index (χ4v) is 5.99. The second-order valence-electron chi connectivity index (χ2n) is 8.86. The number of aromatic nitrogens is 2. The summed E-state index contributed by atoms with van der Waals surface area (Å²) in [6.07, 6.45) is 3.47. The van der Waals surface area contributed by atoms with Gasteiger partial charge in [0.1, 0.15) is 16.5 Å². The molecule has 1 aliphatic carbocycles. The summed E-state index contributed by atoms with van der Waals surface area (Å²) in [5, 5.41) is 7.23. The third-order valence-electron chi connectivity index (χ3n) is 6.71. The van der Waals surface area contributed by atoms with Crippen LogP contribution in [0.5, 0.6) is 0 Å². The van der Waals surface area contributed by atoms with E-state index in [0.29, 0.717) is 0 Å². The van der Waals surface area contributed by atoms with Gasteiger partial charge in [0.05, 0.1) is 31.2 Å². The number of aryl methyl sites for hydroxylation is 1. The van der Waals surface area contributed by atoms with Crippen LogP contribution in [0.2, 0.25) is 0 Å². The van der Waals surface area contributed by atoms with E-state index in [-0.39, 0.29) is 6.04 Å². The van der Waals surface area contributed by atoms with E-state index in [1.807, 2.05) is 0 Å². The summed E-state index contributed by atoms with van der Waals surface area (Å²) in [5.74, 6) is 1.85. The zero-order chi connectivity index (χ0) is 22.0. The summed E-state index contributed by atoms with van der Waals surface area (Å²) in [4.78, 5) is 13.6. The molecular formula is C27H28N4OS. The van der Waals surface area contributed by atoms with Crippen LogP contribution < -0.4 is 5.32 Å². The monoisotopic (exact) mass is 456 g/mol. The Balaban J connectivity index is 1.42. The van der Waals surface area contributed by atoms with Gasteiger partial charge < -0.3 is 10.1 Å². The van der Waals surface area contributed by atoms with Gasteiger partial charge in [-0.1, -0.05) is 54.6 Å². The predicted octanol–water partition coefficient (Wildman–Crippen LogP) is 5.68. The van der Waals surface area contributed by atoms with Crippen LogP contribution in [0.4, 0.5) is 5.82 Å². The van der Waals surface area contributed by atoms with Gasteiger partial charge in [-0.25, -0.2) is 9.97 Å². The number of anilines is 1. The highest BCUT2D eigenvalue weighted by Crippen LogP contribution is 2.40. The van der Waals surface area contributed by atoms with E-state index in [0.717, 1.165) is 67.5 Å². The molecule has 6 rings (SSSR count). The lowest BCUT2D eigenvalue weighted by Crippen LogP contribution is -2.36. The number of fused-ring (bicyclic) bond motifs is 2. The Hall–Kier alpha value is -2.80. The zero-order valence-corrected chi connectivity index (χ0v) is 19.5. The number of thiophene rings is 1. The Kier molecular flexibility index (Phi) is 5.80. The molecule has 1 atom stereocenters. The Bertz CT molecular complexity index is 1250. The molecule has 5 nitrogen and oxygen atoms in total. The van der Waals surface area contributed by atoms with Crippen molar-refractivity contribution in [3.05, 3.63) is 76.9 Å². The van der Waals surface area contributed by atoms with Crippen molar-refractivity contribution in [2.45, 2.75) is 31.8 Å². The normalized spacial score (nSPS) is 18.8. The van der Waals surface area contributed by atoms with Gasteiger partial charge in [-0.2, -0.15) is 0 Å².